The maximum absolute atomic E-state index is 12.5. The van der Waals surface area contributed by atoms with E-state index in [9.17, 15) is 13.5 Å². The number of hydrogen-bond acceptors (Lipinski definition) is 4. The van der Waals surface area contributed by atoms with Crippen LogP contribution in [0, 0.1) is 0 Å². The first kappa shape index (κ1) is 17.1. The van der Waals surface area contributed by atoms with Crippen LogP contribution >= 0.6 is 0 Å². The van der Waals surface area contributed by atoms with Crippen LogP contribution in [-0.2, 0) is 16.6 Å². The van der Waals surface area contributed by atoms with Crippen LogP contribution in [0.25, 0.3) is 0 Å². The Morgan fingerprint density at radius 1 is 1.25 bits per heavy atom. The van der Waals surface area contributed by atoms with Crippen LogP contribution in [0.15, 0.2) is 29.2 Å². The van der Waals surface area contributed by atoms with Crippen LogP contribution in [0.1, 0.15) is 26.3 Å². The van der Waals surface area contributed by atoms with E-state index in [0.717, 1.165) is 5.56 Å². The van der Waals surface area contributed by atoms with Crippen molar-refractivity contribution in [1.29, 1.82) is 0 Å². The van der Waals surface area contributed by atoms with Gasteiger partial charge in [0.2, 0.25) is 10.0 Å². The molecule has 0 heterocycles. The molecule has 0 aliphatic heterocycles. The molecule has 0 atom stereocenters. The van der Waals surface area contributed by atoms with Gasteiger partial charge in [-0.1, -0.05) is 19.1 Å². The molecule has 0 aliphatic carbocycles. The second-order valence-electron chi connectivity index (χ2n) is 5.42. The third-order valence-corrected chi connectivity index (χ3v) is 4.79. The first-order valence-corrected chi connectivity index (χ1v) is 8.11. The summed E-state index contributed by atoms with van der Waals surface area (Å²) in [5, 5.41) is 12.8. The van der Waals surface area contributed by atoms with Gasteiger partial charge in [0.15, 0.2) is 0 Å². The Balaban J connectivity index is 3.01. The van der Waals surface area contributed by atoms with Crippen molar-refractivity contribution in [1.82, 2.24) is 9.62 Å². The van der Waals surface area contributed by atoms with Gasteiger partial charge in [-0.25, -0.2) is 8.42 Å². The van der Waals surface area contributed by atoms with E-state index in [2.05, 4.69) is 5.32 Å². The third kappa shape index (κ3) is 4.56. The minimum absolute atomic E-state index is 0.0735. The summed E-state index contributed by atoms with van der Waals surface area (Å²) < 4.78 is 26.3. The van der Waals surface area contributed by atoms with Gasteiger partial charge >= 0.3 is 0 Å². The van der Waals surface area contributed by atoms with Gasteiger partial charge in [-0.2, -0.15) is 4.31 Å². The lowest BCUT2D eigenvalue weighted by molar-refractivity contribution is 0.0601. The van der Waals surface area contributed by atoms with Crippen molar-refractivity contribution in [3.05, 3.63) is 29.8 Å². The Bertz CT molecular complexity index is 518. The highest BCUT2D eigenvalue weighted by atomic mass is 32.2. The zero-order valence-corrected chi connectivity index (χ0v) is 13.4. The molecule has 0 aromatic heterocycles. The zero-order valence-electron chi connectivity index (χ0n) is 12.5. The fourth-order valence-corrected chi connectivity index (χ4v) is 3.53. The van der Waals surface area contributed by atoms with Crippen LogP contribution in [-0.4, -0.2) is 43.6 Å². The lowest BCUT2D eigenvalue weighted by Gasteiger charge is -2.27. The molecule has 0 saturated heterocycles. The molecule has 0 aliphatic rings. The minimum Gasteiger partial charge on any atom is -0.389 e. The van der Waals surface area contributed by atoms with Crippen LogP contribution in [0.3, 0.4) is 0 Å². The summed E-state index contributed by atoms with van der Waals surface area (Å²) in [5.74, 6) is 0. The highest BCUT2D eigenvalue weighted by molar-refractivity contribution is 7.89. The molecule has 20 heavy (non-hydrogen) atoms. The average Bonchev–Trinajstić information content (AvgIpc) is 2.36. The topological polar surface area (TPSA) is 69.6 Å². The summed E-state index contributed by atoms with van der Waals surface area (Å²) >= 11 is 0. The first-order valence-electron chi connectivity index (χ1n) is 6.67. The molecule has 2 N–H and O–H groups in total. The molecule has 1 aromatic rings. The maximum atomic E-state index is 12.5. The van der Waals surface area contributed by atoms with Gasteiger partial charge in [-0.15, -0.1) is 0 Å². The molecule has 114 valence electrons. The maximum Gasteiger partial charge on any atom is 0.243 e. The van der Waals surface area contributed by atoms with Crippen LogP contribution in [0.5, 0.6) is 0 Å². The van der Waals surface area contributed by atoms with Crippen LogP contribution in [0.2, 0.25) is 0 Å². The average molecular weight is 300 g/mol. The van der Waals surface area contributed by atoms with Crippen molar-refractivity contribution in [3.63, 3.8) is 0 Å². The summed E-state index contributed by atoms with van der Waals surface area (Å²) in [6, 6.07) is 6.80. The number of benzene rings is 1. The number of hydrogen-bond donors (Lipinski definition) is 2. The molecule has 6 heteroatoms. The Hall–Kier alpha value is -0.950. The minimum atomic E-state index is -3.56. The molecule has 1 rings (SSSR count). The van der Waals surface area contributed by atoms with Crippen molar-refractivity contribution >= 4 is 10.0 Å². The van der Waals surface area contributed by atoms with Crippen molar-refractivity contribution in [2.24, 2.45) is 0 Å². The molecule has 0 fully saturated rings. The zero-order chi connectivity index (χ0) is 15.4. The molecule has 0 amide bonds. The molecule has 0 radical (unpaired) electrons. The van der Waals surface area contributed by atoms with Gasteiger partial charge in [-0.3, -0.25) is 0 Å². The van der Waals surface area contributed by atoms with Crippen LogP contribution < -0.4 is 5.32 Å². The molecule has 5 nitrogen and oxygen atoms in total. The predicted octanol–water partition coefficient (Wildman–Crippen LogP) is 1.19. The third-order valence-electron chi connectivity index (χ3n) is 2.86. The molecular formula is C14H24N2O3S. The van der Waals surface area contributed by atoms with Gasteiger partial charge in [0.1, 0.15) is 0 Å². The second kappa shape index (κ2) is 6.67. The Kier molecular flexibility index (Phi) is 5.70. The lowest BCUT2D eigenvalue weighted by atomic mass is 10.1. The van der Waals surface area contributed by atoms with Crippen molar-refractivity contribution in [2.75, 3.05) is 20.1 Å². The quantitative estimate of drug-likeness (QED) is 0.793. The van der Waals surface area contributed by atoms with Crippen molar-refractivity contribution in [2.45, 2.75) is 37.8 Å². The summed E-state index contributed by atoms with van der Waals surface area (Å²) in [6.07, 6.45) is 0. The second-order valence-corrected chi connectivity index (χ2v) is 7.36. The van der Waals surface area contributed by atoms with E-state index < -0.39 is 15.6 Å². The molecule has 0 bridgehead atoms. The number of likely N-dealkylation sites (N-methyl/N-ethyl adjacent to an activating group) is 1. The first-order chi connectivity index (χ1) is 9.20. The molecule has 0 spiro atoms. The Morgan fingerprint density at radius 3 is 2.20 bits per heavy atom. The number of nitrogens with one attached hydrogen (secondary N) is 1. The number of aliphatic hydroxyl groups is 1. The van der Waals surface area contributed by atoms with E-state index in [-0.39, 0.29) is 11.4 Å². The summed E-state index contributed by atoms with van der Waals surface area (Å²) in [7, 11) is -1.72. The fourth-order valence-electron chi connectivity index (χ4n) is 1.93. The summed E-state index contributed by atoms with van der Waals surface area (Å²) in [5.41, 5.74) is -0.0354. The Labute approximate surface area is 121 Å². The highest BCUT2D eigenvalue weighted by Crippen LogP contribution is 2.18. The van der Waals surface area contributed by atoms with E-state index in [1.165, 1.54) is 4.31 Å². The Morgan fingerprint density at radius 2 is 1.80 bits per heavy atom. The monoisotopic (exact) mass is 300 g/mol. The van der Waals surface area contributed by atoms with Crippen LogP contribution in [0.4, 0.5) is 0 Å². The smallest absolute Gasteiger partial charge is 0.243 e. The van der Waals surface area contributed by atoms with Gasteiger partial charge < -0.3 is 10.4 Å². The van der Waals surface area contributed by atoms with Gasteiger partial charge in [0.05, 0.1) is 10.5 Å². The number of nitrogens with zero attached hydrogens (tertiary/aromatic N) is 1. The largest absolute Gasteiger partial charge is 0.389 e. The van der Waals surface area contributed by atoms with Crippen molar-refractivity contribution in [3.8, 4) is 0 Å². The standard InChI is InChI=1S/C14H24N2O3S/c1-5-16(11-14(2,3)17)20(18,19)13-8-6-12(7-9-13)10-15-4/h6-9,15,17H,5,10-11H2,1-4H3. The number of sulfonamides is 1. The summed E-state index contributed by atoms with van der Waals surface area (Å²) in [6.45, 7) is 6.05. The van der Waals surface area contributed by atoms with E-state index in [1.54, 1.807) is 45.0 Å². The predicted molar refractivity (Wildman–Crippen MR) is 79.9 cm³/mol. The summed E-state index contributed by atoms with van der Waals surface area (Å²) in [4.78, 5) is 0.253. The van der Waals surface area contributed by atoms with Gasteiger partial charge in [0.25, 0.3) is 0 Å². The molecule has 0 unspecified atom stereocenters. The SMILES string of the molecule is CCN(CC(C)(C)O)S(=O)(=O)c1ccc(CNC)cc1. The van der Waals surface area contributed by atoms with Gasteiger partial charge in [-0.05, 0) is 38.6 Å². The number of rotatable bonds is 7. The normalized spacial score (nSPS) is 12.9. The van der Waals surface area contributed by atoms with Gasteiger partial charge in [0, 0.05) is 19.6 Å². The molecular weight excluding hydrogens is 276 g/mol. The highest BCUT2D eigenvalue weighted by Gasteiger charge is 2.28. The van der Waals surface area contributed by atoms with E-state index in [1.807, 2.05) is 7.05 Å². The van der Waals surface area contributed by atoms with E-state index in [4.69, 9.17) is 0 Å². The lowest BCUT2D eigenvalue weighted by Crippen LogP contribution is -2.42. The van der Waals surface area contributed by atoms with Crippen molar-refractivity contribution < 1.29 is 13.5 Å². The molecule has 1 aromatic carbocycles. The van der Waals surface area contributed by atoms with E-state index in [0.29, 0.717) is 13.1 Å². The molecule has 0 saturated carbocycles. The fraction of sp³-hybridized carbons (Fsp3) is 0.571. The van der Waals surface area contributed by atoms with E-state index >= 15 is 0 Å².